The summed E-state index contributed by atoms with van der Waals surface area (Å²) < 4.78 is 4.94. The molecule has 3 heteroatoms. The Morgan fingerprint density at radius 3 is 2.37 bits per heavy atom. The van der Waals surface area contributed by atoms with Gasteiger partial charge < -0.3 is 10.1 Å². The molecule has 0 atom stereocenters. The van der Waals surface area contributed by atoms with E-state index < -0.39 is 0 Å². The number of anilines is 1. The fourth-order valence-electron chi connectivity index (χ4n) is 1.73. The lowest BCUT2D eigenvalue weighted by molar-refractivity contribution is 0.0526. The van der Waals surface area contributed by atoms with Crippen molar-refractivity contribution in [3.05, 3.63) is 65.7 Å². The summed E-state index contributed by atoms with van der Waals surface area (Å²) in [7, 11) is 0. The smallest absolute Gasteiger partial charge is 0.338 e. The highest BCUT2D eigenvalue weighted by molar-refractivity contribution is 5.89. The monoisotopic (exact) mass is 255 g/mol. The molecule has 0 unspecified atom stereocenters. The average molecular weight is 255 g/mol. The van der Waals surface area contributed by atoms with Gasteiger partial charge in [-0.2, -0.15) is 0 Å². The number of hydrogen-bond donors (Lipinski definition) is 1. The molecule has 0 saturated carbocycles. The maximum absolute atomic E-state index is 11.5. The first kappa shape index (κ1) is 13.1. The van der Waals surface area contributed by atoms with Crippen LogP contribution in [0.2, 0.25) is 0 Å². The zero-order chi connectivity index (χ0) is 13.5. The second kappa shape index (κ2) is 6.59. The lowest BCUT2D eigenvalue weighted by Gasteiger charge is -2.07. The molecule has 0 bridgehead atoms. The van der Waals surface area contributed by atoms with Crippen molar-refractivity contribution in [2.24, 2.45) is 0 Å². The number of nitrogens with one attached hydrogen (secondary N) is 1. The number of ether oxygens (including phenoxy) is 1. The van der Waals surface area contributed by atoms with Gasteiger partial charge in [0.1, 0.15) is 0 Å². The molecule has 0 heterocycles. The topological polar surface area (TPSA) is 38.3 Å². The van der Waals surface area contributed by atoms with E-state index in [1.54, 1.807) is 19.1 Å². The van der Waals surface area contributed by atoms with Crippen molar-refractivity contribution in [2.45, 2.75) is 13.5 Å². The third-order valence-corrected chi connectivity index (χ3v) is 2.74. The molecular formula is C16H17NO2. The molecule has 98 valence electrons. The summed E-state index contributed by atoms with van der Waals surface area (Å²) in [5, 5.41) is 3.32. The highest BCUT2D eigenvalue weighted by Crippen LogP contribution is 2.10. The van der Waals surface area contributed by atoms with Crippen LogP contribution < -0.4 is 5.32 Å². The largest absolute Gasteiger partial charge is 0.462 e. The van der Waals surface area contributed by atoms with Crippen LogP contribution in [-0.2, 0) is 11.3 Å². The first-order chi connectivity index (χ1) is 9.29. The number of benzene rings is 2. The minimum atomic E-state index is -0.273. The van der Waals surface area contributed by atoms with Crippen molar-refractivity contribution in [3.8, 4) is 0 Å². The Labute approximate surface area is 113 Å². The molecule has 2 aromatic rings. The standard InChI is InChI=1S/C16H17NO2/c1-2-19-16(18)14-10-8-13(9-11-14)12-17-15-6-4-3-5-7-15/h3-11,17H,2,12H2,1H3. The molecule has 2 aromatic carbocycles. The summed E-state index contributed by atoms with van der Waals surface area (Å²) in [6, 6.07) is 17.5. The third-order valence-electron chi connectivity index (χ3n) is 2.74. The van der Waals surface area contributed by atoms with Crippen molar-refractivity contribution >= 4 is 11.7 Å². The van der Waals surface area contributed by atoms with Crippen molar-refractivity contribution in [2.75, 3.05) is 11.9 Å². The predicted octanol–water partition coefficient (Wildman–Crippen LogP) is 3.48. The highest BCUT2D eigenvalue weighted by Gasteiger charge is 2.05. The van der Waals surface area contributed by atoms with Crippen molar-refractivity contribution in [1.29, 1.82) is 0 Å². The van der Waals surface area contributed by atoms with Gasteiger partial charge in [0, 0.05) is 12.2 Å². The molecule has 0 spiro atoms. The van der Waals surface area contributed by atoms with Crippen LogP contribution in [0.4, 0.5) is 5.69 Å². The van der Waals surface area contributed by atoms with Gasteiger partial charge in [0.25, 0.3) is 0 Å². The van der Waals surface area contributed by atoms with E-state index in [4.69, 9.17) is 4.74 Å². The quantitative estimate of drug-likeness (QED) is 0.831. The molecule has 0 saturated heterocycles. The Morgan fingerprint density at radius 2 is 1.74 bits per heavy atom. The zero-order valence-corrected chi connectivity index (χ0v) is 10.9. The van der Waals surface area contributed by atoms with Crippen LogP contribution in [0.25, 0.3) is 0 Å². The Kier molecular flexibility index (Phi) is 4.56. The normalized spacial score (nSPS) is 9.95. The molecule has 0 fully saturated rings. The Hall–Kier alpha value is -2.29. The molecule has 0 aliphatic heterocycles. The Balaban J connectivity index is 1.94. The summed E-state index contributed by atoms with van der Waals surface area (Å²) in [6.07, 6.45) is 0. The first-order valence-electron chi connectivity index (χ1n) is 6.34. The summed E-state index contributed by atoms with van der Waals surface area (Å²) in [6.45, 7) is 2.93. The van der Waals surface area contributed by atoms with E-state index in [0.29, 0.717) is 12.2 Å². The van der Waals surface area contributed by atoms with Gasteiger partial charge >= 0.3 is 5.97 Å². The fraction of sp³-hybridized carbons (Fsp3) is 0.188. The number of carbonyl (C=O) groups excluding carboxylic acids is 1. The maximum Gasteiger partial charge on any atom is 0.338 e. The Morgan fingerprint density at radius 1 is 1.05 bits per heavy atom. The Bertz CT molecular complexity index is 520. The van der Waals surface area contributed by atoms with Gasteiger partial charge in [-0.15, -0.1) is 0 Å². The van der Waals surface area contributed by atoms with E-state index in [0.717, 1.165) is 17.8 Å². The minimum absolute atomic E-state index is 0.273. The van der Waals surface area contributed by atoms with Crippen molar-refractivity contribution in [3.63, 3.8) is 0 Å². The third kappa shape index (κ3) is 3.85. The van der Waals surface area contributed by atoms with E-state index in [1.165, 1.54) is 0 Å². The average Bonchev–Trinajstić information content (AvgIpc) is 2.47. The van der Waals surface area contributed by atoms with Crippen LogP contribution in [0, 0.1) is 0 Å². The minimum Gasteiger partial charge on any atom is -0.462 e. The van der Waals surface area contributed by atoms with Crippen LogP contribution in [0.1, 0.15) is 22.8 Å². The van der Waals surface area contributed by atoms with Crippen molar-refractivity contribution < 1.29 is 9.53 Å². The van der Waals surface area contributed by atoms with Crippen LogP contribution >= 0.6 is 0 Å². The molecule has 19 heavy (non-hydrogen) atoms. The summed E-state index contributed by atoms with van der Waals surface area (Å²) in [5.74, 6) is -0.273. The molecule has 0 aromatic heterocycles. The number of carbonyl (C=O) groups is 1. The molecule has 0 amide bonds. The molecule has 1 N–H and O–H groups in total. The maximum atomic E-state index is 11.5. The second-order valence-electron chi connectivity index (χ2n) is 4.14. The van der Waals surface area contributed by atoms with Gasteiger partial charge in [-0.25, -0.2) is 4.79 Å². The van der Waals surface area contributed by atoms with Crippen LogP contribution in [0.3, 0.4) is 0 Å². The molecular weight excluding hydrogens is 238 g/mol. The summed E-state index contributed by atoms with van der Waals surface area (Å²) >= 11 is 0. The van der Waals surface area contributed by atoms with Gasteiger partial charge in [0.2, 0.25) is 0 Å². The molecule has 2 rings (SSSR count). The van der Waals surface area contributed by atoms with Crippen LogP contribution in [0.5, 0.6) is 0 Å². The number of esters is 1. The fourth-order valence-corrected chi connectivity index (χ4v) is 1.73. The van der Waals surface area contributed by atoms with Gasteiger partial charge in [0.15, 0.2) is 0 Å². The van der Waals surface area contributed by atoms with Crippen molar-refractivity contribution in [1.82, 2.24) is 0 Å². The number of para-hydroxylation sites is 1. The number of rotatable bonds is 5. The van der Waals surface area contributed by atoms with E-state index in [-0.39, 0.29) is 5.97 Å². The predicted molar refractivity (Wildman–Crippen MR) is 76.2 cm³/mol. The van der Waals surface area contributed by atoms with E-state index in [2.05, 4.69) is 5.32 Å². The van der Waals surface area contributed by atoms with E-state index in [1.807, 2.05) is 42.5 Å². The lowest BCUT2D eigenvalue weighted by atomic mass is 10.1. The highest BCUT2D eigenvalue weighted by atomic mass is 16.5. The van der Waals surface area contributed by atoms with Gasteiger partial charge in [0.05, 0.1) is 12.2 Å². The van der Waals surface area contributed by atoms with Gasteiger partial charge in [-0.3, -0.25) is 0 Å². The summed E-state index contributed by atoms with van der Waals surface area (Å²) in [5.41, 5.74) is 2.79. The summed E-state index contributed by atoms with van der Waals surface area (Å²) in [4.78, 5) is 11.5. The SMILES string of the molecule is CCOC(=O)c1ccc(CNc2ccccc2)cc1. The lowest BCUT2D eigenvalue weighted by Crippen LogP contribution is -2.05. The molecule has 3 nitrogen and oxygen atoms in total. The zero-order valence-electron chi connectivity index (χ0n) is 10.9. The van der Waals surface area contributed by atoms with Gasteiger partial charge in [-0.1, -0.05) is 30.3 Å². The van der Waals surface area contributed by atoms with Crippen LogP contribution in [0.15, 0.2) is 54.6 Å². The van der Waals surface area contributed by atoms with E-state index >= 15 is 0 Å². The van der Waals surface area contributed by atoms with E-state index in [9.17, 15) is 4.79 Å². The van der Waals surface area contributed by atoms with Gasteiger partial charge in [-0.05, 0) is 36.8 Å². The molecule has 0 aliphatic rings. The second-order valence-corrected chi connectivity index (χ2v) is 4.14. The molecule has 0 radical (unpaired) electrons. The molecule has 0 aliphatic carbocycles. The first-order valence-corrected chi connectivity index (χ1v) is 6.34. The van der Waals surface area contributed by atoms with Crippen LogP contribution in [-0.4, -0.2) is 12.6 Å². The number of hydrogen-bond acceptors (Lipinski definition) is 3.